The van der Waals surface area contributed by atoms with Crippen molar-refractivity contribution in [2.24, 2.45) is 17.6 Å². The molecule has 3 N–H and O–H groups in total. The maximum absolute atomic E-state index is 10.7. The highest BCUT2D eigenvalue weighted by Crippen LogP contribution is 2.45. The van der Waals surface area contributed by atoms with Gasteiger partial charge in [0.25, 0.3) is 5.91 Å². The van der Waals surface area contributed by atoms with Gasteiger partial charge in [-0.3, -0.25) is 4.79 Å². The molecule has 0 radical (unpaired) electrons. The minimum absolute atomic E-state index is 0.0718. The number of benzene rings is 1. The molecule has 4 heteroatoms. The summed E-state index contributed by atoms with van der Waals surface area (Å²) in [5, 5.41) is 3.60. The van der Waals surface area contributed by atoms with E-state index < -0.39 is 5.91 Å². The van der Waals surface area contributed by atoms with Crippen LogP contribution in [0.2, 0.25) is 0 Å². The molecule has 1 amide bonds. The zero-order valence-electron chi connectivity index (χ0n) is 11.0. The molecule has 19 heavy (non-hydrogen) atoms. The van der Waals surface area contributed by atoms with Crippen molar-refractivity contribution in [3.05, 3.63) is 24.3 Å². The number of rotatable bonds is 5. The minimum atomic E-state index is -0.452. The number of fused-ring (bicyclic) bond motifs is 2. The van der Waals surface area contributed by atoms with Crippen molar-refractivity contribution in [3.8, 4) is 5.75 Å². The molecule has 0 heterocycles. The third kappa shape index (κ3) is 2.83. The van der Waals surface area contributed by atoms with Gasteiger partial charge < -0.3 is 15.8 Å². The molecule has 0 saturated heterocycles. The van der Waals surface area contributed by atoms with Gasteiger partial charge in [-0.25, -0.2) is 0 Å². The molecule has 1 aromatic rings. The number of ether oxygens (including phenoxy) is 1. The van der Waals surface area contributed by atoms with Crippen LogP contribution in [0.15, 0.2) is 24.3 Å². The van der Waals surface area contributed by atoms with Gasteiger partial charge in [-0.05, 0) is 43.2 Å². The van der Waals surface area contributed by atoms with Gasteiger partial charge in [0, 0.05) is 17.8 Å². The number of carbonyl (C=O) groups is 1. The van der Waals surface area contributed by atoms with Crippen LogP contribution in [0.1, 0.15) is 25.7 Å². The predicted molar refractivity (Wildman–Crippen MR) is 74.0 cm³/mol. The molecule has 2 aliphatic rings. The van der Waals surface area contributed by atoms with Gasteiger partial charge in [0.1, 0.15) is 5.75 Å². The number of hydrogen-bond donors (Lipinski definition) is 2. The molecule has 3 unspecified atom stereocenters. The molecule has 1 aromatic carbocycles. The van der Waals surface area contributed by atoms with E-state index in [4.69, 9.17) is 10.5 Å². The SMILES string of the molecule is NC(=O)COc1cccc(NC2CC3CCC2C3)c1. The molecule has 4 nitrogen and oxygen atoms in total. The average molecular weight is 260 g/mol. The monoisotopic (exact) mass is 260 g/mol. The first kappa shape index (κ1) is 12.3. The van der Waals surface area contributed by atoms with Crippen LogP contribution in [0, 0.1) is 11.8 Å². The lowest BCUT2D eigenvalue weighted by atomic mass is 9.95. The Morgan fingerprint density at radius 3 is 2.95 bits per heavy atom. The van der Waals surface area contributed by atoms with E-state index in [1.165, 1.54) is 25.7 Å². The average Bonchev–Trinajstić information content (AvgIpc) is 2.99. The molecule has 3 atom stereocenters. The fourth-order valence-electron chi connectivity index (χ4n) is 3.47. The number of amides is 1. The Bertz CT molecular complexity index is 475. The molecule has 2 fully saturated rings. The van der Waals surface area contributed by atoms with E-state index in [0.29, 0.717) is 11.8 Å². The van der Waals surface area contributed by atoms with E-state index in [1.54, 1.807) is 0 Å². The number of hydrogen-bond acceptors (Lipinski definition) is 3. The van der Waals surface area contributed by atoms with Crippen molar-refractivity contribution in [1.29, 1.82) is 0 Å². The van der Waals surface area contributed by atoms with E-state index in [2.05, 4.69) is 5.32 Å². The number of nitrogens with two attached hydrogens (primary N) is 1. The number of primary amides is 1. The maximum atomic E-state index is 10.7. The topological polar surface area (TPSA) is 64.4 Å². The second-order valence-electron chi connectivity index (χ2n) is 5.71. The van der Waals surface area contributed by atoms with Crippen LogP contribution in [0.3, 0.4) is 0 Å². The molecule has 0 spiro atoms. The zero-order valence-corrected chi connectivity index (χ0v) is 11.0. The van der Waals surface area contributed by atoms with E-state index >= 15 is 0 Å². The Hall–Kier alpha value is -1.71. The molecule has 0 aromatic heterocycles. The van der Waals surface area contributed by atoms with Gasteiger partial charge >= 0.3 is 0 Å². The van der Waals surface area contributed by atoms with Gasteiger partial charge in [0.2, 0.25) is 0 Å². The Balaban J connectivity index is 1.61. The number of nitrogens with one attached hydrogen (secondary N) is 1. The summed E-state index contributed by atoms with van der Waals surface area (Å²) < 4.78 is 5.32. The summed E-state index contributed by atoms with van der Waals surface area (Å²) in [7, 11) is 0. The fraction of sp³-hybridized carbons (Fsp3) is 0.533. The molecule has 2 bridgehead atoms. The van der Waals surface area contributed by atoms with Crippen molar-refractivity contribution in [1.82, 2.24) is 0 Å². The summed E-state index contributed by atoms with van der Waals surface area (Å²) in [6.45, 7) is -0.0718. The van der Waals surface area contributed by atoms with Gasteiger partial charge in [0.05, 0.1) is 0 Å². The van der Waals surface area contributed by atoms with Gasteiger partial charge in [0.15, 0.2) is 6.61 Å². The van der Waals surface area contributed by atoms with Crippen molar-refractivity contribution in [2.75, 3.05) is 11.9 Å². The Morgan fingerprint density at radius 2 is 2.26 bits per heavy atom. The van der Waals surface area contributed by atoms with E-state index in [0.717, 1.165) is 17.5 Å². The summed E-state index contributed by atoms with van der Waals surface area (Å²) in [5.74, 6) is 2.00. The smallest absolute Gasteiger partial charge is 0.255 e. The van der Waals surface area contributed by atoms with Crippen LogP contribution in [0.4, 0.5) is 5.69 Å². The Kier molecular flexibility index (Phi) is 3.32. The van der Waals surface area contributed by atoms with Crippen LogP contribution < -0.4 is 15.8 Å². The third-order valence-corrected chi connectivity index (χ3v) is 4.31. The van der Waals surface area contributed by atoms with Crippen molar-refractivity contribution < 1.29 is 9.53 Å². The summed E-state index contributed by atoms with van der Waals surface area (Å²) in [6, 6.07) is 8.36. The normalized spacial score (nSPS) is 28.3. The van der Waals surface area contributed by atoms with Crippen molar-refractivity contribution >= 4 is 11.6 Å². The Morgan fingerprint density at radius 1 is 1.37 bits per heavy atom. The zero-order chi connectivity index (χ0) is 13.2. The second kappa shape index (κ2) is 5.11. The molecular weight excluding hydrogens is 240 g/mol. The second-order valence-corrected chi connectivity index (χ2v) is 5.71. The molecule has 2 aliphatic carbocycles. The van der Waals surface area contributed by atoms with Crippen LogP contribution in [-0.4, -0.2) is 18.6 Å². The van der Waals surface area contributed by atoms with Gasteiger partial charge in [-0.15, -0.1) is 0 Å². The van der Waals surface area contributed by atoms with Crippen molar-refractivity contribution in [2.45, 2.75) is 31.7 Å². The first-order valence-corrected chi connectivity index (χ1v) is 6.98. The highest BCUT2D eigenvalue weighted by Gasteiger charge is 2.39. The van der Waals surface area contributed by atoms with E-state index in [9.17, 15) is 4.79 Å². The highest BCUT2D eigenvalue weighted by atomic mass is 16.5. The summed E-state index contributed by atoms with van der Waals surface area (Å²) in [4.78, 5) is 10.7. The maximum Gasteiger partial charge on any atom is 0.255 e. The standard InChI is InChI=1S/C15H20N2O2/c16-15(18)9-19-13-3-1-2-12(8-13)17-14-7-10-4-5-11(14)6-10/h1-3,8,10-11,14,17H,4-7,9H2,(H2,16,18). The van der Waals surface area contributed by atoms with Crippen LogP contribution >= 0.6 is 0 Å². The van der Waals surface area contributed by atoms with Crippen molar-refractivity contribution in [3.63, 3.8) is 0 Å². The molecule has 102 valence electrons. The third-order valence-electron chi connectivity index (χ3n) is 4.31. The van der Waals surface area contributed by atoms with Crippen LogP contribution in [0.5, 0.6) is 5.75 Å². The summed E-state index contributed by atoms with van der Waals surface area (Å²) in [6.07, 6.45) is 5.44. The first-order valence-electron chi connectivity index (χ1n) is 6.98. The predicted octanol–water partition coefficient (Wildman–Crippen LogP) is 2.15. The highest BCUT2D eigenvalue weighted by molar-refractivity contribution is 5.75. The lowest BCUT2D eigenvalue weighted by Crippen LogP contribution is -2.25. The van der Waals surface area contributed by atoms with Gasteiger partial charge in [-0.1, -0.05) is 12.5 Å². The number of anilines is 1. The van der Waals surface area contributed by atoms with Gasteiger partial charge in [-0.2, -0.15) is 0 Å². The summed E-state index contributed by atoms with van der Waals surface area (Å²) >= 11 is 0. The fourth-order valence-corrected chi connectivity index (χ4v) is 3.47. The minimum Gasteiger partial charge on any atom is -0.484 e. The van der Waals surface area contributed by atoms with Crippen LogP contribution in [-0.2, 0) is 4.79 Å². The Labute approximate surface area is 113 Å². The van der Waals surface area contributed by atoms with Crippen LogP contribution in [0.25, 0.3) is 0 Å². The molecule has 3 rings (SSSR count). The molecule has 0 aliphatic heterocycles. The first-order chi connectivity index (χ1) is 9.20. The largest absolute Gasteiger partial charge is 0.484 e. The molecular formula is C15H20N2O2. The quantitative estimate of drug-likeness (QED) is 0.852. The number of carbonyl (C=O) groups excluding carboxylic acids is 1. The lowest BCUT2D eigenvalue weighted by molar-refractivity contribution is -0.119. The lowest BCUT2D eigenvalue weighted by Gasteiger charge is -2.24. The van der Waals surface area contributed by atoms with E-state index in [1.807, 2.05) is 24.3 Å². The van der Waals surface area contributed by atoms with E-state index in [-0.39, 0.29) is 6.61 Å². The summed E-state index contributed by atoms with van der Waals surface area (Å²) in [5.41, 5.74) is 6.14. The molecule has 2 saturated carbocycles.